The predicted molar refractivity (Wildman–Crippen MR) is 127 cm³/mol. The Kier molecular flexibility index (Phi) is 8.25. The summed E-state index contributed by atoms with van der Waals surface area (Å²) in [6.07, 6.45) is 0.389. The third kappa shape index (κ3) is 7.21. The van der Waals surface area contributed by atoms with Gasteiger partial charge in [0, 0.05) is 37.8 Å². The summed E-state index contributed by atoms with van der Waals surface area (Å²) in [5.74, 6) is -2.02. The zero-order valence-electron chi connectivity index (χ0n) is 20.1. The van der Waals surface area contributed by atoms with Crippen LogP contribution >= 0.6 is 0 Å². The average molecular weight is 478 g/mol. The third-order valence-corrected chi connectivity index (χ3v) is 5.87. The quantitative estimate of drug-likeness (QED) is 0.459. The second-order valence-corrected chi connectivity index (χ2v) is 10.3. The van der Waals surface area contributed by atoms with Gasteiger partial charge in [-0.25, -0.2) is 13.2 Å². The SMILES string of the molecule is CC(=O)N[C@@H](Cc1cc(F)cc(F)c1)[C@H](O)CN[C@H]1CCNc2cc(F)c(CC(C)(C)C)cc21. The Morgan fingerprint density at radius 2 is 1.82 bits per heavy atom. The number of fused-ring (bicyclic) bond motifs is 1. The Morgan fingerprint density at radius 3 is 2.44 bits per heavy atom. The number of anilines is 1. The van der Waals surface area contributed by atoms with Gasteiger partial charge in [0.2, 0.25) is 5.91 Å². The highest BCUT2D eigenvalue weighted by atomic mass is 19.1. The Morgan fingerprint density at radius 1 is 1.15 bits per heavy atom. The second-order valence-electron chi connectivity index (χ2n) is 10.3. The van der Waals surface area contributed by atoms with E-state index in [1.54, 1.807) is 0 Å². The highest BCUT2D eigenvalue weighted by molar-refractivity contribution is 5.73. The van der Waals surface area contributed by atoms with Crippen LogP contribution in [0.1, 0.15) is 56.8 Å². The van der Waals surface area contributed by atoms with Gasteiger partial charge in [0.05, 0.1) is 12.1 Å². The molecule has 3 rings (SSSR count). The topological polar surface area (TPSA) is 73.4 Å². The summed E-state index contributed by atoms with van der Waals surface area (Å²) in [4.78, 5) is 11.7. The number of carbonyl (C=O) groups is 1. The molecular formula is C26H34F3N3O2. The van der Waals surface area contributed by atoms with Crippen LogP contribution in [0.15, 0.2) is 30.3 Å². The molecule has 2 aromatic carbocycles. The normalized spacial score (nSPS) is 17.5. The van der Waals surface area contributed by atoms with Gasteiger partial charge in [0.15, 0.2) is 0 Å². The van der Waals surface area contributed by atoms with E-state index in [4.69, 9.17) is 0 Å². The van der Waals surface area contributed by atoms with Crippen LogP contribution in [0.5, 0.6) is 0 Å². The summed E-state index contributed by atoms with van der Waals surface area (Å²) in [6, 6.07) is 5.71. The lowest BCUT2D eigenvalue weighted by Crippen LogP contribution is -2.48. The van der Waals surface area contributed by atoms with Gasteiger partial charge in [0.1, 0.15) is 17.5 Å². The predicted octanol–water partition coefficient (Wildman–Crippen LogP) is 4.25. The van der Waals surface area contributed by atoms with Crippen LogP contribution in [0.4, 0.5) is 18.9 Å². The number of amides is 1. The van der Waals surface area contributed by atoms with Crippen molar-refractivity contribution in [2.75, 3.05) is 18.4 Å². The van der Waals surface area contributed by atoms with E-state index in [0.717, 1.165) is 23.7 Å². The number of carbonyl (C=O) groups excluding carboxylic acids is 1. The van der Waals surface area contributed by atoms with Crippen molar-refractivity contribution in [2.24, 2.45) is 5.41 Å². The van der Waals surface area contributed by atoms with Crippen molar-refractivity contribution in [1.29, 1.82) is 0 Å². The van der Waals surface area contributed by atoms with Crippen molar-refractivity contribution < 1.29 is 23.1 Å². The van der Waals surface area contributed by atoms with Crippen molar-refractivity contribution in [3.63, 3.8) is 0 Å². The van der Waals surface area contributed by atoms with Crippen LogP contribution in [0.2, 0.25) is 0 Å². The number of rotatable bonds is 8. The molecule has 0 saturated carbocycles. The van der Waals surface area contributed by atoms with Crippen LogP contribution in [0, 0.1) is 22.9 Å². The first-order valence-corrected chi connectivity index (χ1v) is 11.6. The van der Waals surface area contributed by atoms with E-state index in [9.17, 15) is 23.1 Å². The maximum atomic E-state index is 14.6. The van der Waals surface area contributed by atoms with Gasteiger partial charge in [-0.15, -0.1) is 0 Å². The number of nitrogens with one attached hydrogen (secondary N) is 3. The molecule has 8 heteroatoms. The summed E-state index contributed by atoms with van der Waals surface area (Å²) < 4.78 is 41.9. The van der Waals surface area contributed by atoms with Crippen molar-refractivity contribution >= 4 is 11.6 Å². The first-order chi connectivity index (χ1) is 15.9. The molecule has 0 saturated heterocycles. The lowest BCUT2D eigenvalue weighted by atomic mass is 9.85. The number of aliphatic hydroxyl groups is 1. The summed E-state index contributed by atoms with van der Waals surface area (Å²) in [7, 11) is 0. The highest BCUT2D eigenvalue weighted by Gasteiger charge is 2.26. The highest BCUT2D eigenvalue weighted by Crippen LogP contribution is 2.34. The molecule has 1 aliphatic heterocycles. The molecule has 0 aliphatic carbocycles. The summed E-state index contributed by atoms with van der Waals surface area (Å²) in [6.45, 7) is 8.29. The van der Waals surface area contributed by atoms with Crippen LogP contribution in [-0.2, 0) is 17.6 Å². The van der Waals surface area contributed by atoms with Crippen molar-refractivity contribution in [1.82, 2.24) is 10.6 Å². The van der Waals surface area contributed by atoms with Gasteiger partial charge in [-0.1, -0.05) is 20.8 Å². The molecule has 0 radical (unpaired) electrons. The third-order valence-electron chi connectivity index (χ3n) is 5.87. The molecule has 186 valence electrons. The fourth-order valence-corrected chi connectivity index (χ4v) is 4.44. The maximum Gasteiger partial charge on any atom is 0.217 e. The zero-order chi connectivity index (χ0) is 25.0. The van der Waals surface area contributed by atoms with E-state index < -0.39 is 23.8 Å². The van der Waals surface area contributed by atoms with Crippen LogP contribution < -0.4 is 16.0 Å². The number of hydrogen-bond donors (Lipinski definition) is 4. The Hall–Kier alpha value is -2.58. The Bertz CT molecular complexity index is 1000. The van der Waals surface area contributed by atoms with Gasteiger partial charge < -0.3 is 21.1 Å². The van der Waals surface area contributed by atoms with Gasteiger partial charge in [-0.3, -0.25) is 4.79 Å². The molecule has 2 aromatic rings. The van der Waals surface area contributed by atoms with Gasteiger partial charge >= 0.3 is 0 Å². The van der Waals surface area contributed by atoms with Crippen LogP contribution in [0.3, 0.4) is 0 Å². The van der Waals surface area contributed by atoms with Crippen LogP contribution in [0.25, 0.3) is 0 Å². The fraction of sp³-hybridized carbons (Fsp3) is 0.500. The molecule has 0 bridgehead atoms. The van der Waals surface area contributed by atoms with E-state index in [0.29, 0.717) is 24.1 Å². The van der Waals surface area contributed by atoms with Gasteiger partial charge in [0.25, 0.3) is 0 Å². The molecule has 1 heterocycles. The van der Waals surface area contributed by atoms with E-state index in [1.165, 1.54) is 25.1 Å². The van der Waals surface area contributed by atoms with Crippen molar-refractivity contribution in [3.05, 3.63) is 64.5 Å². The molecule has 0 aromatic heterocycles. The number of benzene rings is 2. The number of aliphatic hydroxyl groups excluding tert-OH is 1. The maximum absolute atomic E-state index is 14.6. The Labute approximate surface area is 199 Å². The molecule has 1 amide bonds. The van der Waals surface area contributed by atoms with E-state index in [-0.39, 0.29) is 36.1 Å². The molecule has 4 N–H and O–H groups in total. The lowest BCUT2D eigenvalue weighted by molar-refractivity contribution is -0.120. The summed E-state index contributed by atoms with van der Waals surface area (Å²) in [5, 5.41) is 20.1. The monoisotopic (exact) mass is 477 g/mol. The number of hydrogen-bond acceptors (Lipinski definition) is 4. The minimum atomic E-state index is -1.01. The molecular weight excluding hydrogens is 443 g/mol. The van der Waals surface area contributed by atoms with E-state index >= 15 is 0 Å². The molecule has 5 nitrogen and oxygen atoms in total. The van der Waals surface area contributed by atoms with Crippen molar-refractivity contribution in [2.45, 2.75) is 65.1 Å². The van der Waals surface area contributed by atoms with Gasteiger partial charge in [-0.05, 0) is 65.6 Å². The molecule has 34 heavy (non-hydrogen) atoms. The fourth-order valence-electron chi connectivity index (χ4n) is 4.44. The second kappa shape index (κ2) is 10.8. The summed E-state index contributed by atoms with van der Waals surface area (Å²) in [5.41, 5.74) is 2.57. The molecule has 0 fully saturated rings. The lowest BCUT2D eigenvalue weighted by Gasteiger charge is -2.31. The molecule has 0 spiro atoms. The zero-order valence-corrected chi connectivity index (χ0v) is 20.1. The van der Waals surface area contributed by atoms with E-state index in [1.807, 2.05) is 6.07 Å². The first-order valence-electron chi connectivity index (χ1n) is 11.6. The first kappa shape index (κ1) is 26.0. The smallest absolute Gasteiger partial charge is 0.217 e. The average Bonchev–Trinajstić information content (AvgIpc) is 2.70. The molecule has 3 atom stereocenters. The molecule has 1 aliphatic rings. The number of halogens is 3. The van der Waals surface area contributed by atoms with Gasteiger partial charge in [-0.2, -0.15) is 0 Å². The Balaban J connectivity index is 1.74. The van der Waals surface area contributed by atoms with Crippen molar-refractivity contribution in [3.8, 4) is 0 Å². The van der Waals surface area contributed by atoms with Crippen LogP contribution in [-0.4, -0.2) is 36.2 Å². The largest absolute Gasteiger partial charge is 0.390 e. The minimum Gasteiger partial charge on any atom is -0.390 e. The standard InChI is InChI=1S/C26H34F3N3O2/c1-15(33)32-24(9-16-7-18(27)11-19(28)8-16)25(34)14-31-22-5-6-30-23-12-21(29)17(10-20(22)23)13-26(2,3)4/h7-8,10-12,22,24-25,30-31,34H,5-6,9,13-14H2,1-4H3,(H,32,33)/t22-,24-,25+/m0/s1. The van der Waals surface area contributed by atoms with E-state index in [2.05, 4.69) is 36.7 Å². The minimum absolute atomic E-state index is 0.0703. The molecule has 0 unspecified atom stereocenters. The summed E-state index contributed by atoms with van der Waals surface area (Å²) >= 11 is 0.